The van der Waals surface area contributed by atoms with E-state index in [9.17, 15) is 9.59 Å². The third-order valence-electron chi connectivity index (χ3n) is 6.19. The molecule has 0 saturated heterocycles. The van der Waals surface area contributed by atoms with Crippen LogP contribution in [0.3, 0.4) is 0 Å². The number of benzene rings is 1. The Morgan fingerprint density at radius 1 is 1.00 bits per heavy atom. The van der Waals surface area contributed by atoms with Gasteiger partial charge < -0.3 is 13.9 Å². The zero-order chi connectivity index (χ0) is 25.2. The molecule has 1 aromatic rings. The van der Waals surface area contributed by atoms with Crippen LogP contribution in [0.15, 0.2) is 42.5 Å². The molecule has 1 aromatic carbocycles. The zero-order valence-corrected chi connectivity index (χ0v) is 23.0. The number of ether oxygens (including phenoxy) is 2. The standard InChI is InChI=1S/C27H44O5Si/c1-20(2)24(19-15-10-12-16-21(3)32-33(8,9)27(5,6)7)31-26(29)25(30-22(4)28)23-17-13-11-14-18-23/h10-11,13-15,17-18,20-21,24-25H,12,16,19H2,1-9H3/b15-10-/t21-,24+,25+/m1/s1. The molecule has 186 valence electrons. The first-order chi connectivity index (χ1) is 15.2. The van der Waals surface area contributed by atoms with Crippen LogP contribution in [0.25, 0.3) is 0 Å². The van der Waals surface area contributed by atoms with E-state index >= 15 is 0 Å². The summed E-state index contributed by atoms with van der Waals surface area (Å²) in [4.78, 5) is 24.4. The van der Waals surface area contributed by atoms with Gasteiger partial charge in [0.05, 0.1) is 0 Å². The molecule has 0 bridgehead atoms. The van der Waals surface area contributed by atoms with Crippen LogP contribution in [0.1, 0.15) is 79.4 Å². The summed E-state index contributed by atoms with van der Waals surface area (Å²) < 4.78 is 17.5. The van der Waals surface area contributed by atoms with E-state index in [2.05, 4.69) is 52.9 Å². The highest BCUT2D eigenvalue weighted by molar-refractivity contribution is 6.74. The fourth-order valence-corrected chi connectivity index (χ4v) is 4.61. The molecule has 0 saturated carbocycles. The topological polar surface area (TPSA) is 61.8 Å². The van der Waals surface area contributed by atoms with Crippen LogP contribution in [0.2, 0.25) is 18.1 Å². The van der Waals surface area contributed by atoms with Crippen molar-refractivity contribution in [1.82, 2.24) is 0 Å². The van der Waals surface area contributed by atoms with Crippen molar-refractivity contribution < 1.29 is 23.5 Å². The van der Waals surface area contributed by atoms with Gasteiger partial charge in [0.25, 0.3) is 0 Å². The number of allylic oxidation sites excluding steroid dienone is 1. The van der Waals surface area contributed by atoms with Gasteiger partial charge in [-0.3, -0.25) is 4.79 Å². The van der Waals surface area contributed by atoms with E-state index in [4.69, 9.17) is 13.9 Å². The first-order valence-electron chi connectivity index (χ1n) is 12.0. The van der Waals surface area contributed by atoms with E-state index in [1.807, 2.05) is 19.9 Å². The van der Waals surface area contributed by atoms with E-state index in [1.165, 1.54) is 6.92 Å². The Labute approximate surface area is 202 Å². The molecule has 0 amide bonds. The van der Waals surface area contributed by atoms with Crippen molar-refractivity contribution in [2.45, 2.75) is 104 Å². The van der Waals surface area contributed by atoms with E-state index < -0.39 is 26.4 Å². The quantitative estimate of drug-likeness (QED) is 0.185. The second kappa shape index (κ2) is 13.1. The van der Waals surface area contributed by atoms with Crippen LogP contribution < -0.4 is 0 Å². The Morgan fingerprint density at radius 2 is 1.61 bits per heavy atom. The zero-order valence-electron chi connectivity index (χ0n) is 22.0. The number of hydrogen-bond donors (Lipinski definition) is 0. The minimum Gasteiger partial charge on any atom is -0.459 e. The first kappa shape index (κ1) is 29.1. The third-order valence-corrected chi connectivity index (χ3v) is 10.8. The maximum absolute atomic E-state index is 12.8. The first-order valence-corrected chi connectivity index (χ1v) is 14.9. The molecule has 1 rings (SSSR count). The summed E-state index contributed by atoms with van der Waals surface area (Å²) in [5, 5.41) is 0.204. The molecule has 0 spiro atoms. The fourth-order valence-electron chi connectivity index (χ4n) is 3.13. The molecule has 0 unspecified atom stereocenters. The molecular weight excluding hydrogens is 432 g/mol. The molecule has 0 fully saturated rings. The lowest BCUT2D eigenvalue weighted by Gasteiger charge is -2.38. The molecule has 5 nitrogen and oxygen atoms in total. The van der Waals surface area contributed by atoms with E-state index in [0.717, 1.165) is 12.8 Å². The normalized spacial score (nSPS) is 15.3. The predicted octanol–water partition coefficient (Wildman–Crippen LogP) is 7.00. The summed E-state index contributed by atoms with van der Waals surface area (Å²) in [5.41, 5.74) is 0.603. The van der Waals surface area contributed by atoms with Crippen molar-refractivity contribution in [3.05, 3.63) is 48.0 Å². The molecule has 33 heavy (non-hydrogen) atoms. The predicted molar refractivity (Wildman–Crippen MR) is 136 cm³/mol. The summed E-state index contributed by atoms with van der Waals surface area (Å²) >= 11 is 0. The molecule has 0 radical (unpaired) electrons. The van der Waals surface area contributed by atoms with Crippen LogP contribution in [0.5, 0.6) is 0 Å². The number of hydrogen-bond acceptors (Lipinski definition) is 5. The largest absolute Gasteiger partial charge is 0.459 e. The molecule has 0 N–H and O–H groups in total. The van der Waals surface area contributed by atoms with E-state index in [-0.39, 0.29) is 23.2 Å². The van der Waals surface area contributed by atoms with Gasteiger partial charge in [-0.15, -0.1) is 0 Å². The maximum atomic E-state index is 12.8. The van der Waals surface area contributed by atoms with Gasteiger partial charge in [0.15, 0.2) is 8.32 Å². The van der Waals surface area contributed by atoms with Crippen LogP contribution in [0, 0.1) is 5.92 Å². The lowest BCUT2D eigenvalue weighted by Crippen LogP contribution is -2.43. The van der Waals surface area contributed by atoms with Crippen molar-refractivity contribution in [3.8, 4) is 0 Å². The van der Waals surface area contributed by atoms with Gasteiger partial charge in [-0.1, -0.05) is 77.1 Å². The summed E-state index contributed by atoms with van der Waals surface area (Å²) in [6.45, 7) is 18.8. The van der Waals surface area contributed by atoms with Crippen LogP contribution in [-0.4, -0.2) is 32.5 Å². The average molecular weight is 477 g/mol. The molecule has 0 aromatic heterocycles. The molecule has 6 heteroatoms. The lowest BCUT2D eigenvalue weighted by atomic mass is 10.0. The van der Waals surface area contributed by atoms with Crippen molar-refractivity contribution in [3.63, 3.8) is 0 Å². The van der Waals surface area contributed by atoms with Gasteiger partial charge in [-0.25, -0.2) is 4.79 Å². The highest BCUT2D eigenvalue weighted by Gasteiger charge is 2.38. The van der Waals surface area contributed by atoms with E-state index in [0.29, 0.717) is 12.0 Å². The highest BCUT2D eigenvalue weighted by atomic mass is 28.4. The van der Waals surface area contributed by atoms with Crippen LogP contribution in [0.4, 0.5) is 0 Å². The van der Waals surface area contributed by atoms with Crippen molar-refractivity contribution in [2.75, 3.05) is 0 Å². The smallest absolute Gasteiger partial charge is 0.352 e. The Bertz CT molecular complexity index is 764. The van der Waals surface area contributed by atoms with Crippen molar-refractivity contribution in [2.24, 2.45) is 5.92 Å². The van der Waals surface area contributed by atoms with Crippen molar-refractivity contribution >= 4 is 20.3 Å². The van der Waals surface area contributed by atoms with Gasteiger partial charge >= 0.3 is 11.9 Å². The Kier molecular flexibility index (Phi) is 11.5. The minimum absolute atomic E-state index is 0.133. The summed E-state index contributed by atoms with van der Waals surface area (Å²) in [7, 11) is -1.76. The monoisotopic (exact) mass is 476 g/mol. The Balaban J connectivity index is 2.65. The third kappa shape index (κ3) is 10.3. The molecule has 0 aliphatic carbocycles. The Hall–Kier alpha value is -1.92. The number of esters is 2. The second-order valence-corrected chi connectivity index (χ2v) is 15.3. The maximum Gasteiger partial charge on any atom is 0.352 e. The van der Waals surface area contributed by atoms with E-state index in [1.54, 1.807) is 24.3 Å². The second-order valence-electron chi connectivity index (χ2n) is 10.6. The van der Waals surface area contributed by atoms with Gasteiger partial charge in [-0.2, -0.15) is 0 Å². The Morgan fingerprint density at radius 3 is 2.12 bits per heavy atom. The van der Waals surface area contributed by atoms with Gasteiger partial charge in [0.1, 0.15) is 6.10 Å². The average Bonchev–Trinajstić information content (AvgIpc) is 2.69. The molecule has 0 heterocycles. The lowest BCUT2D eigenvalue weighted by molar-refractivity contribution is -0.172. The molecule has 0 aliphatic rings. The van der Waals surface area contributed by atoms with Gasteiger partial charge in [0, 0.05) is 25.0 Å². The molecular formula is C27H44O5Si. The van der Waals surface area contributed by atoms with Gasteiger partial charge in [-0.05, 0) is 43.8 Å². The number of carbonyl (C=O) groups is 2. The highest BCUT2D eigenvalue weighted by Crippen LogP contribution is 2.37. The van der Waals surface area contributed by atoms with Gasteiger partial charge in [0.2, 0.25) is 6.10 Å². The number of carbonyl (C=O) groups excluding carboxylic acids is 2. The minimum atomic E-state index is -1.76. The van der Waals surface area contributed by atoms with Crippen LogP contribution in [-0.2, 0) is 23.5 Å². The SMILES string of the molecule is CC(=O)O[C@H](C(=O)O[C@@H](C/C=C\CC[C@@H](C)O[Si](C)(C)C(C)(C)C)C(C)C)c1ccccc1. The molecule has 0 aliphatic heterocycles. The summed E-state index contributed by atoms with van der Waals surface area (Å²) in [6.07, 6.45) is 5.55. The molecule has 3 atom stereocenters. The fraction of sp³-hybridized carbons (Fsp3) is 0.630. The summed E-state index contributed by atoms with van der Waals surface area (Å²) in [5.74, 6) is -0.927. The van der Waals surface area contributed by atoms with Crippen LogP contribution >= 0.6 is 0 Å². The number of rotatable bonds is 12. The van der Waals surface area contributed by atoms with Crippen molar-refractivity contribution in [1.29, 1.82) is 0 Å². The summed E-state index contributed by atoms with van der Waals surface area (Å²) in [6, 6.07) is 8.97.